The number of carboxylic acids is 1. The van der Waals surface area contributed by atoms with Crippen molar-refractivity contribution in [1.82, 2.24) is 15.0 Å². The molecule has 0 bridgehead atoms. The lowest BCUT2D eigenvalue weighted by molar-refractivity contribution is -0.138. The average molecular weight is 482 g/mol. The quantitative estimate of drug-likeness (QED) is 0.411. The molecule has 9 nitrogen and oxygen atoms in total. The van der Waals surface area contributed by atoms with Gasteiger partial charge in [-0.2, -0.15) is 4.98 Å². The smallest absolute Gasteiger partial charge is 0.410 e. The summed E-state index contributed by atoms with van der Waals surface area (Å²) in [6.07, 6.45) is -0.180. The number of ether oxygens (including phenoxy) is 2. The van der Waals surface area contributed by atoms with Gasteiger partial charge in [0, 0.05) is 12.0 Å². The molecule has 3 rings (SSSR count). The zero-order valence-corrected chi connectivity index (χ0v) is 20.4. The lowest BCUT2D eigenvalue weighted by atomic mass is 10.1. The molecule has 1 N–H and O–H groups in total. The van der Waals surface area contributed by atoms with Gasteiger partial charge in [0.2, 0.25) is 0 Å². The Balaban J connectivity index is 1.55. The molecule has 9 heteroatoms. The number of rotatable bonds is 11. The Labute approximate surface area is 204 Å². The Morgan fingerprint density at radius 1 is 1.06 bits per heavy atom. The minimum atomic E-state index is -1.11. The van der Waals surface area contributed by atoms with E-state index in [0.717, 1.165) is 16.7 Å². The number of benzene rings is 2. The molecule has 1 heterocycles. The third kappa shape index (κ3) is 7.56. The van der Waals surface area contributed by atoms with Gasteiger partial charge in [-0.3, -0.25) is 9.69 Å². The van der Waals surface area contributed by atoms with Crippen LogP contribution in [0.4, 0.5) is 4.79 Å². The zero-order valence-electron chi connectivity index (χ0n) is 20.4. The molecule has 1 unspecified atom stereocenters. The maximum absolute atomic E-state index is 12.4. The third-order valence-corrected chi connectivity index (χ3v) is 5.27. The highest BCUT2D eigenvalue weighted by Gasteiger charge is 2.25. The zero-order chi connectivity index (χ0) is 25.4. The van der Waals surface area contributed by atoms with Crippen molar-refractivity contribution >= 4 is 12.1 Å². The van der Waals surface area contributed by atoms with Crippen LogP contribution in [-0.4, -0.2) is 52.0 Å². The third-order valence-electron chi connectivity index (χ3n) is 5.27. The second-order valence-electron chi connectivity index (χ2n) is 8.72. The fraction of sp³-hybridized carbons (Fsp3) is 0.385. The van der Waals surface area contributed by atoms with Gasteiger partial charge in [-0.05, 0) is 49.6 Å². The number of hydrogen-bond acceptors (Lipinski definition) is 7. The minimum Gasteiger partial charge on any atom is -0.493 e. The number of aliphatic carboxylic acids is 1. The van der Waals surface area contributed by atoms with Crippen molar-refractivity contribution in [2.75, 3.05) is 19.8 Å². The maximum atomic E-state index is 12.4. The normalized spacial score (nSPS) is 11.8. The van der Waals surface area contributed by atoms with Crippen LogP contribution >= 0.6 is 0 Å². The summed E-state index contributed by atoms with van der Waals surface area (Å²) in [4.78, 5) is 29.3. The number of hydrogen-bond donors (Lipinski definition) is 1. The Morgan fingerprint density at radius 3 is 2.37 bits per heavy atom. The maximum Gasteiger partial charge on any atom is 0.410 e. The SMILES string of the molecule is Cc1ccc(-c2nc(CCOc3ccc(C(C)N(CC(=O)O)C(=O)OCC(C)C)cc3)no2)cc1. The molecule has 0 spiro atoms. The van der Waals surface area contributed by atoms with E-state index in [1.807, 2.05) is 45.0 Å². The largest absolute Gasteiger partial charge is 0.493 e. The van der Waals surface area contributed by atoms with Crippen LogP contribution in [0.5, 0.6) is 5.75 Å². The first-order valence-corrected chi connectivity index (χ1v) is 11.5. The standard InChI is InChI=1S/C26H31N3O6/c1-17(2)16-34-26(32)29(15-24(30)31)19(4)20-9-11-22(12-10-20)33-14-13-23-27-25(35-28-23)21-7-5-18(3)6-8-21/h5-12,17,19H,13-16H2,1-4H3,(H,30,31). The summed E-state index contributed by atoms with van der Waals surface area (Å²) < 4.78 is 16.4. The first-order chi connectivity index (χ1) is 16.7. The van der Waals surface area contributed by atoms with E-state index < -0.39 is 24.6 Å². The highest BCUT2D eigenvalue weighted by Crippen LogP contribution is 2.24. The molecule has 1 atom stereocenters. The summed E-state index contributed by atoms with van der Waals surface area (Å²) in [6, 6.07) is 14.5. The summed E-state index contributed by atoms with van der Waals surface area (Å²) in [5, 5.41) is 13.2. The topological polar surface area (TPSA) is 115 Å². The number of aromatic nitrogens is 2. The lowest BCUT2D eigenvalue weighted by Gasteiger charge is -2.27. The van der Waals surface area contributed by atoms with E-state index in [1.165, 1.54) is 4.90 Å². The molecular weight excluding hydrogens is 450 g/mol. The van der Waals surface area contributed by atoms with E-state index in [1.54, 1.807) is 31.2 Å². The van der Waals surface area contributed by atoms with Gasteiger partial charge in [0.15, 0.2) is 5.82 Å². The summed E-state index contributed by atoms with van der Waals surface area (Å²) in [5.41, 5.74) is 2.79. The molecule has 0 aliphatic carbocycles. The van der Waals surface area contributed by atoms with Crippen LogP contribution in [0.25, 0.3) is 11.5 Å². The molecular formula is C26H31N3O6. The molecule has 1 amide bonds. The van der Waals surface area contributed by atoms with Crippen molar-refractivity contribution in [1.29, 1.82) is 0 Å². The van der Waals surface area contributed by atoms with Gasteiger partial charge in [0.25, 0.3) is 5.89 Å². The molecule has 0 aliphatic rings. The van der Waals surface area contributed by atoms with Gasteiger partial charge in [-0.15, -0.1) is 0 Å². The number of aryl methyl sites for hydroxylation is 1. The van der Waals surface area contributed by atoms with Crippen LogP contribution in [0.3, 0.4) is 0 Å². The molecule has 0 saturated heterocycles. The summed E-state index contributed by atoms with van der Waals surface area (Å²) >= 11 is 0. The van der Waals surface area contributed by atoms with Crippen LogP contribution in [0.2, 0.25) is 0 Å². The molecule has 0 fully saturated rings. The predicted molar refractivity (Wildman–Crippen MR) is 129 cm³/mol. The van der Waals surface area contributed by atoms with E-state index in [4.69, 9.17) is 14.0 Å². The molecule has 1 aromatic heterocycles. The van der Waals surface area contributed by atoms with Crippen LogP contribution in [0.1, 0.15) is 43.8 Å². The van der Waals surface area contributed by atoms with Crippen LogP contribution in [0, 0.1) is 12.8 Å². The molecule has 0 saturated carbocycles. The molecule has 0 radical (unpaired) electrons. The van der Waals surface area contributed by atoms with Crippen molar-refractivity contribution in [3.63, 3.8) is 0 Å². The number of carbonyl (C=O) groups is 2. The van der Waals surface area contributed by atoms with E-state index in [2.05, 4.69) is 10.1 Å². The highest BCUT2D eigenvalue weighted by molar-refractivity contribution is 5.77. The first kappa shape index (κ1) is 25.7. The van der Waals surface area contributed by atoms with Crippen molar-refractivity contribution in [3.05, 3.63) is 65.5 Å². The van der Waals surface area contributed by atoms with Crippen molar-refractivity contribution < 1.29 is 28.7 Å². The average Bonchev–Trinajstić information content (AvgIpc) is 3.30. The molecule has 35 heavy (non-hydrogen) atoms. The monoisotopic (exact) mass is 481 g/mol. The van der Waals surface area contributed by atoms with Gasteiger partial charge in [0.1, 0.15) is 12.3 Å². The van der Waals surface area contributed by atoms with Gasteiger partial charge >= 0.3 is 12.1 Å². The summed E-state index contributed by atoms with van der Waals surface area (Å²) in [5.74, 6) is 0.700. The molecule has 2 aromatic carbocycles. The van der Waals surface area contributed by atoms with E-state index in [0.29, 0.717) is 30.5 Å². The van der Waals surface area contributed by atoms with E-state index >= 15 is 0 Å². The molecule has 3 aromatic rings. The highest BCUT2D eigenvalue weighted by atomic mass is 16.6. The van der Waals surface area contributed by atoms with Crippen LogP contribution < -0.4 is 4.74 Å². The second kappa shape index (κ2) is 12.0. The van der Waals surface area contributed by atoms with Gasteiger partial charge < -0.3 is 19.1 Å². The Bertz CT molecular complexity index is 1110. The molecule has 0 aliphatic heterocycles. The number of nitrogens with zero attached hydrogens (tertiary/aromatic N) is 3. The minimum absolute atomic E-state index is 0.152. The first-order valence-electron chi connectivity index (χ1n) is 11.5. The van der Waals surface area contributed by atoms with Crippen LogP contribution in [0.15, 0.2) is 53.1 Å². The second-order valence-corrected chi connectivity index (χ2v) is 8.72. The predicted octanol–water partition coefficient (Wildman–Crippen LogP) is 4.91. The fourth-order valence-electron chi connectivity index (χ4n) is 3.28. The van der Waals surface area contributed by atoms with E-state index in [-0.39, 0.29) is 12.5 Å². The Morgan fingerprint density at radius 2 is 1.74 bits per heavy atom. The number of carbonyl (C=O) groups excluding carboxylic acids is 1. The van der Waals surface area contributed by atoms with E-state index in [9.17, 15) is 14.7 Å². The number of carboxylic acid groups (broad SMARTS) is 1. The van der Waals surface area contributed by atoms with Gasteiger partial charge in [-0.1, -0.05) is 48.8 Å². The van der Waals surface area contributed by atoms with Crippen molar-refractivity contribution in [3.8, 4) is 17.2 Å². The molecule has 186 valence electrons. The van der Waals surface area contributed by atoms with Gasteiger partial charge in [-0.25, -0.2) is 4.79 Å². The lowest BCUT2D eigenvalue weighted by Crippen LogP contribution is -2.38. The van der Waals surface area contributed by atoms with Gasteiger partial charge in [0.05, 0.1) is 19.3 Å². The Hall–Kier alpha value is -3.88. The fourth-order valence-corrected chi connectivity index (χ4v) is 3.28. The van der Waals surface area contributed by atoms with Crippen molar-refractivity contribution in [2.45, 2.75) is 40.2 Å². The Kier molecular flexibility index (Phi) is 8.83. The number of amides is 1. The summed E-state index contributed by atoms with van der Waals surface area (Å²) in [6.45, 7) is 7.73. The van der Waals surface area contributed by atoms with Crippen molar-refractivity contribution in [2.24, 2.45) is 5.92 Å². The van der Waals surface area contributed by atoms with Crippen LogP contribution in [-0.2, 0) is 16.0 Å². The summed E-state index contributed by atoms with van der Waals surface area (Å²) in [7, 11) is 0.